The van der Waals surface area contributed by atoms with Crippen molar-refractivity contribution in [1.29, 1.82) is 0 Å². The first-order valence-electron chi connectivity index (χ1n) is 4.00. The number of anilines is 2. The number of nitrogens with two attached hydrogens (primary N) is 1. The molecule has 0 unspecified atom stereocenters. The minimum atomic E-state index is -0.166. The maximum Gasteiger partial charge on any atom is 0.221 e. The number of hydrogen-bond acceptors (Lipinski definition) is 3. The molecule has 0 aliphatic heterocycles. The molecular formula is C9H11IN2O2. The topological polar surface area (TPSA) is 64.4 Å². The summed E-state index contributed by atoms with van der Waals surface area (Å²) in [5.41, 5.74) is 6.74. The van der Waals surface area contributed by atoms with Crippen molar-refractivity contribution in [3.8, 4) is 5.75 Å². The Bertz CT molecular complexity index is 342. The van der Waals surface area contributed by atoms with E-state index < -0.39 is 0 Å². The molecule has 0 fully saturated rings. The fourth-order valence-electron chi connectivity index (χ4n) is 1.04. The summed E-state index contributed by atoms with van der Waals surface area (Å²) in [5.74, 6) is 0.427. The van der Waals surface area contributed by atoms with Gasteiger partial charge in [0.1, 0.15) is 16.1 Å². The van der Waals surface area contributed by atoms with Crippen molar-refractivity contribution in [2.75, 3.05) is 15.7 Å². The van der Waals surface area contributed by atoms with Crippen LogP contribution in [-0.2, 0) is 4.79 Å². The maximum absolute atomic E-state index is 10.9. The van der Waals surface area contributed by atoms with Gasteiger partial charge in [-0.25, -0.2) is 0 Å². The van der Waals surface area contributed by atoms with Gasteiger partial charge in [0.05, 0.1) is 5.69 Å². The fourth-order valence-corrected chi connectivity index (χ4v) is 1.37. The van der Waals surface area contributed by atoms with Gasteiger partial charge in [-0.15, -0.1) is 0 Å². The van der Waals surface area contributed by atoms with E-state index in [1.54, 1.807) is 18.2 Å². The van der Waals surface area contributed by atoms with Crippen molar-refractivity contribution < 1.29 is 9.53 Å². The van der Waals surface area contributed by atoms with Crippen LogP contribution in [0, 0.1) is 0 Å². The Morgan fingerprint density at radius 1 is 1.64 bits per heavy atom. The molecule has 0 saturated carbocycles. The zero-order valence-corrected chi connectivity index (χ0v) is 9.87. The molecule has 0 heterocycles. The Balaban J connectivity index is 3.02. The van der Waals surface area contributed by atoms with E-state index in [0.29, 0.717) is 21.7 Å². The number of carbonyl (C=O) groups is 1. The van der Waals surface area contributed by atoms with Crippen LogP contribution in [-0.4, -0.2) is 10.5 Å². The van der Waals surface area contributed by atoms with E-state index >= 15 is 0 Å². The standard InChI is InChI=1S/C9H11IN2O2/c1-6(13)12-9-7(11)3-2-4-8(9)14-5-10/h2-4H,5,11H2,1H3,(H,12,13). The lowest BCUT2D eigenvalue weighted by atomic mass is 10.2. The lowest BCUT2D eigenvalue weighted by Crippen LogP contribution is -2.09. The summed E-state index contributed by atoms with van der Waals surface area (Å²) < 4.78 is 5.82. The Labute approximate surface area is 96.0 Å². The largest absolute Gasteiger partial charge is 0.481 e. The Morgan fingerprint density at radius 3 is 2.93 bits per heavy atom. The van der Waals surface area contributed by atoms with Crippen molar-refractivity contribution in [1.82, 2.24) is 0 Å². The quantitative estimate of drug-likeness (QED) is 0.510. The van der Waals surface area contributed by atoms with Gasteiger partial charge >= 0.3 is 0 Å². The second kappa shape index (κ2) is 5.04. The minimum absolute atomic E-state index is 0.166. The highest BCUT2D eigenvalue weighted by Crippen LogP contribution is 2.30. The normalized spacial score (nSPS) is 9.57. The highest BCUT2D eigenvalue weighted by Gasteiger charge is 2.07. The van der Waals surface area contributed by atoms with Crippen molar-refractivity contribution in [2.24, 2.45) is 0 Å². The third-order valence-electron chi connectivity index (χ3n) is 1.57. The second-order valence-electron chi connectivity index (χ2n) is 2.66. The number of rotatable bonds is 3. The summed E-state index contributed by atoms with van der Waals surface area (Å²) >= 11 is 2.08. The molecule has 0 aromatic heterocycles. The number of ether oxygens (including phenoxy) is 1. The SMILES string of the molecule is CC(=O)Nc1c(N)cccc1OCI. The summed E-state index contributed by atoms with van der Waals surface area (Å²) in [7, 11) is 0. The van der Waals surface area contributed by atoms with Gasteiger partial charge < -0.3 is 15.8 Å². The summed E-state index contributed by atoms with van der Waals surface area (Å²) in [6, 6.07) is 5.26. The van der Waals surface area contributed by atoms with Crippen LogP contribution in [0.2, 0.25) is 0 Å². The summed E-state index contributed by atoms with van der Waals surface area (Å²) in [4.78, 5) is 10.9. The third-order valence-corrected chi connectivity index (χ3v) is 1.88. The van der Waals surface area contributed by atoms with Crippen LogP contribution in [0.25, 0.3) is 0 Å². The Hall–Kier alpha value is -0.980. The number of para-hydroxylation sites is 1. The van der Waals surface area contributed by atoms with Crippen LogP contribution in [0.5, 0.6) is 5.75 Å². The molecule has 1 rings (SSSR count). The van der Waals surface area contributed by atoms with Gasteiger partial charge in [-0.2, -0.15) is 0 Å². The Morgan fingerprint density at radius 2 is 2.36 bits per heavy atom. The van der Waals surface area contributed by atoms with E-state index in [0.717, 1.165) is 0 Å². The highest BCUT2D eigenvalue weighted by atomic mass is 127. The lowest BCUT2D eigenvalue weighted by Gasteiger charge is -2.11. The van der Waals surface area contributed by atoms with Gasteiger partial charge in [0.15, 0.2) is 0 Å². The molecule has 0 spiro atoms. The molecule has 3 N–H and O–H groups in total. The first-order valence-corrected chi connectivity index (χ1v) is 5.52. The number of nitrogens with one attached hydrogen (secondary N) is 1. The summed E-state index contributed by atoms with van der Waals surface area (Å²) in [6.45, 7) is 1.43. The van der Waals surface area contributed by atoms with Crippen LogP contribution in [0.3, 0.4) is 0 Å². The molecule has 0 aliphatic carbocycles. The minimum Gasteiger partial charge on any atom is -0.481 e. The van der Waals surface area contributed by atoms with Crippen LogP contribution in [0.15, 0.2) is 18.2 Å². The first-order chi connectivity index (χ1) is 6.65. The number of benzene rings is 1. The number of hydrogen-bond donors (Lipinski definition) is 2. The van der Waals surface area contributed by atoms with Crippen molar-refractivity contribution in [3.05, 3.63) is 18.2 Å². The van der Waals surface area contributed by atoms with Gasteiger partial charge in [0.25, 0.3) is 0 Å². The molecule has 5 heteroatoms. The predicted octanol–water partition coefficient (Wildman–Crippen LogP) is 2.00. The summed E-state index contributed by atoms with van der Waals surface area (Å²) in [5, 5.41) is 2.63. The smallest absolute Gasteiger partial charge is 0.221 e. The molecule has 1 aromatic rings. The zero-order valence-electron chi connectivity index (χ0n) is 7.71. The number of carbonyl (C=O) groups excluding carboxylic acids is 1. The predicted molar refractivity (Wildman–Crippen MR) is 64.7 cm³/mol. The monoisotopic (exact) mass is 306 g/mol. The van der Waals surface area contributed by atoms with E-state index in [9.17, 15) is 4.79 Å². The molecule has 0 atom stereocenters. The Kier molecular flexibility index (Phi) is 3.99. The average Bonchev–Trinajstić information content (AvgIpc) is 2.11. The van der Waals surface area contributed by atoms with Crippen LogP contribution < -0.4 is 15.8 Å². The lowest BCUT2D eigenvalue weighted by molar-refractivity contribution is -0.114. The molecule has 4 nitrogen and oxygen atoms in total. The maximum atomic E-state index is 10.9. The molecule has 14 heavy (non-hydrogen) atoms. The van der Waals surface area contributed by atoms with Crippen LogP contribution >= 0.6 is 22.6 Å². The molecule has 0 radical (unpaired) electrons. The van der Waals surface area contributed by atoms with E-state index in [-0.39, 0.29) is 5.91 Å². The van der Waals surface area contributed by atoms with Gasteiger partial charge in [-0.05, 0) is 34.7 Å². The van der Waals surface area contributed by atoms with E-state index in [4.69, 9.17) is 10.5 Å². The van der Waals surface area contributed by atoms with Crippen LogP contribution in [0.4, 0.5) is 11.4 Å². The molecular weight excluding hydrogens is 295 g/mol. The van der Waals surface area contributed by atoms with E-state index in [1.165, 1.54) is 6.92 Å². The van der Waals surface area contributed by atoms with Gasteiger partial charge in [0, 0.05) is 6.92 Å². The molecule has 0 aliphatic rings. The van der Waals surface area contributed by atoms with E-state index in [1.807, 2.05) is 0 Å². The van der Waals surface area contributed by atoms with Gasteiger partial charge in [-0.1, -0.05) is 6.07 Å². The van der Waals surface area contributed by atoms with Crippen molar-refractivity contribution in [3.63, 3.8) is 0 Å². The number of nitrogen functional groups attached to an aromatic ring is 1. The molecule has 1 aromatic carbocycles. The average molecular weight is 306 g/mol. The highest BCUT2D eigenvalue weighted by molar-refractivity contribution is 14.1. The molecule has 0 saturated heterocycles. The van der Waals surface area contributed by atoms with Gasteiger partial charge in [0.2, 0.25) is 5.91 Å². The zero-order chi connectivity index (χ0) is 10.6. The fraction of sp³-hybridized carbons (Fsp3) is 0.222. The number of amides is 1. The van der Waals surface area contributed by atoms with Crippen molar-refractivity contribution in [2.45, 2.75) is 6.92 Å². The van der Waals surface area contributed by atoms with Crippen LogP contribution in [0.1, 0.15) is 6.92 Å². The summed E-state index contributed by atoms with van der Waals surface area (Å²) in [6.07, 6.45) is 0. The number of alkyl halides is 1. The van der Waals surface area contributed by atoms with Crippen molar-refractivity contribution >= 4 is 39.9 Å². The van der Waals surface area contributed by atoms with E-state index in [2.05, 4.69) is 27.9 Å². The molecule has 1 amide bonds. The third kappa shape index (κ3) is 2.76. The number of halogens is 1. The molecule has 76 valence electrons. The first kappa shape index (κ1) is 11.1. The second-order valence-corrected chi connectivity index (χ2v) is 3.28. The van der Waals surface area contributed by atoms with Gasteiger partial charge in [-0.3, -0.25) is 4.79 Å². The molecule has 0 bridgehead atoms.